The molecule has 272 valence electrons. The molecule has 0 aromatic heterocycles. The van der Waals surface area contributed by atoms with E-state index < -0.39 is 43.4 Å². The van der Waals surface area contributed by atoms with Crippen molar-refractivity contribution >= 4 is 5.97 Å². The van der Waals surface area contributed by atoms with Crippen LogP contribution in [0.25, 0.3) is 0 Å². The van der Waals surface area contributed by atoms with Crippen molar-refractivity contribution in [1.29, 1.82) is 0 Å². The van der Waals surface area contributed by atoms with Gasteiger partial charge in [0.05, 0.1) is 19.8 Å². The fourth-order valence-electron chi connectivity index (χ4n) is 5.66. The van der Waals surface area contributed by atoms with E-state index in [0.717, 1.165) is 38.5 Å². The maximum Gasteiger partial charge on any atom is 0.306 e. The molecule has 0 aliphatic carbocycles. The molecule has 0 bridgehead atoms. The van der Waals surface area contributed by atoms with Crippen LogP contribution in [0.4, 0.5) is 0 Å². The summed E-state index contributed by atoms with van der Waals surface area (Å²) >= 11 is 0. The first kappa shape index (κ1) is 43.0. The summed E-state index contributed by atoms with van der Waals surface area (Å²) in [6.07, 6.45) is 23.0. The zero-order chi connectivity index (χ0) is 33.7. The summed E-state index contributed by atoms with van der Waals surface area (Å²) in [6.45, 7) is 4.42. The molecular weight excluding hydrogens is 588 g/mol. The van der Waals surface area contributed by atoms with Crippen molar-refractivity contribution in [3.63, 3.8) is 0 Å². The van der Waals surface area contributed by atoms with Gasteiger partial charge in [0.25, 0.3) is 0 Å². The number of aliphatic hydroxyl groups excluding tert-OH is 4. The van der Waals surface area contributed by atoms with Crippen molar-refractivity contribution in [3.8, 4) is 0 Å². The highest BCUT2D eigenvalue weighted by molar-refractivity contribution is 5.69. The summed E-state index contributed by atoms with van der Waals surface area (Å²) in [4.78, 5) is 12.4. The monoisotopic (exact) mass is 659 g/mol. The largest absolute Gasteiger partial charge is 0.457 e. The molecule has 6 atom stereocenters. The Balaban J connectivity index is 2.17. The average molecular weight is 659 g/mol. The molecule has 6 unspecified atom stereocenters. The Hall–Kier alpha value is -1.07. The van der Waals surface area contributed by atoms with Crippen molar-refractivity contribution in [2.45, 2.75) is 192 Å². The molecule has 0 saturated carbocycles. The van der Waals surface area contributed by atoms with Gasteiger partial charge >= 0.3 is 5.97 Å². The molecule has 1 aliphatic rings. The lowest BCUT2D eigenvalue weighted by atomic mass is 9.99. The molecule has 46 heavy (non-hydrogen) atoms. The van der Waals surface area contributed by atoms with E-state index in [4.69, 9.17) is 18.9 Å². The highest BCUT2D eigenvalue weighted by atomic mass is 16.7. The first-order valence-corrected chi connectivity index (χ1v) is 18.8. The minimum atomic E-state index is -1.53. The number of esters is 1. The number of hydrogen-bond donors (Lipinski definition) is 4. The van der Waals surface area contributed by atoms with Crippen molar-refractivity contribution in [1.82, 2.24) is 0 Å². The third-order valence-corrected chi connectivity index (χ3v) is 8.68. The maximum atomic E-state index is 12.4. The van der Waals surface area contributed by atoms with Crippen molar-refractivity contribution < 1.29 is 44.2 Å². The Morgan fingerprint density at radius 2 is 1.20 bits per heavy atom. The first-order chi connectivity index (χ1) is 22.4. The maximum absolute atomic E-state index is 12.4. The van der Waals surface area contributed by atoms with Crippen molar-refractivity contribution in [2.24, 2.45) is 0 Å². The fourth-order valence-corrected chi connectivity index (χ4v) is 5.66. The molecule has 1 aliphatic heterocycles. The van der Waals surface area contributed by atoms with Crippen LogP contribution in [0.2, 0.25) is 0 Å². The molecule has 0 aromatic rings. The van der Waals surface area contributed by atoms with Crippen LogP contribution in [0.5, 0.6) is 0 Å². The molecule has 9 heteroatoms. The second kappa shape index (κ2) is 30.0. The number of unbranched alkanes of at least 4 members (excludes halogenated alkanes) is 18. The standard InChI is InChI=1S/C37H70O9/c1-3-5-7-9-10-11-12-13-14-15-16-17-18-19-20-21-22-23-25-27-43-29-31(45-33(39)26-24-8-6-4-2)30-44-37-36(42)35(41)34(40)32(28-38)46-37/h14-15,31-32,34-38,40-42H,3-13,16-30H2,1-2H3/b15-14-. The Labute approximate surface area is 280 Å². The van der Waals surface area contributed by atoms with E-state index >= 15 is 0 Å². The molecule has 1 rings (SSSR count). The van der Waals surface area contributed by atoms with Gasteiger partial charge in [0, 0.05) is 13.0 Å². The normalized spacial score (nSPS) is 22.4. The summed E-state index contributed by atoms with van der Waals surface area (Å²) in [5.74, 6) is -0.332. The van der Waals surface area contributed by atoms with Gasteiger partial charge in [-0.25, -0.2) is 0 Å². The number of rotatable bonds is 31. The zero-order valence-corrected chi connectivity index (χ0v) is 29.3. The van der Waals surface area contributed by atoms with Crippen LogP contribution in [0, 0.1) is 0 Å². The average Bonchev–Trinajstić information content (AvgIpc) is 3.05. The van der Waals surface area contributed by atoms with Gasteiger partial charge in [0.2, 0.25) is 0 Å². The van der Waals surface area contributed by atoms with E-state index in [2.05, 4.69) is 26.0 Å². The summed E-state index contributed by atoms with van der Waals surface area (Å²) in [5.41, 5.74) is 0. The Kier molecular flexibility index (Phi) is 28.0. The highest BCUT2D eigenvalue weighted by Crippen LogP contribution is 2.22. The predicted molar refractivity (Wildman–Crippen MR) is 182 cm³/mol. The summed E-state index contributed by atoms with van der Waals surface area (Å²) < 4.78 is 22.5. The van der Waals surface area contributed by atoms with E-state index in [1.165, 1.54) is 96.3 Å². The summed E-state index contributed by atoms with van der Waals surface area (Å²) in [7, 11) is 0. The van der Waals surface area contributed by atoms with Gasteiger partial charge in [0.1, 0.15) is 30.5 Å². The lowest BCUT2D eigenvalue weighted by molar-refractivity contribution is -0.305. The van der Waals surface area contributed by atoms with Gasteiger partial charge in [-0.1, -0.05) is 122 Å². The van der Waals surface area contributed by atoms with Crippen LogP contribution in [-0.4, -0.2) is 89.6 Å². The molecule has 0 amide bonds. The Bertz CT molecular complexity index is 717. The van der Waals surface area contributed by atoms with Gasteiger partial charge in [-0.15, -0.1) is 0 Å². The second-order valence-electron chi connectivity index (χ2n) is 13.0. The highest BCUT2D eigenvalue weighted by Gasteiger charge is 2.44. The molecular formula is C37H70O9. The molecule has 0 radical (unpaired) electrons. The van der Waals surface area contributed by atoms with E-state index in [1.807, 2.05) is 0 Å². The third kappa shape index (κ3) is 21.7. The number of carbonyl (C=O) groups is 1. The van der Waals surface area contributed by atoms with Gasteiger partial charge in [-0.3, -0.25) is 4.79 Å². The van der Waals surface area contributed by atoms with Crippen LogP contribution in [0.1, 0.15) is 155 Å². The topological polar surface area (TPSA) is 135 Å². The van der Waals surface area contributed by atoms with Gasteiger partial charge in [0.15, 0.2) is 6.29 Å². The molecule has 1 saturated heterocycles. The quantitative estimate of drug-likeness (QED) is 0.0356. The number of aliphatic hydroxyl groups is 4. The van der Waals surface area contributed by atoms with Crippen molar-refractivity contribution in [3.05, 3.63) is 12.2 Å². The van der Waals surface area contributed by atoms with Gasteiger partial charge in [-0.05, 0) is 38.5 Å². The van der Waals surface area contributed by atoms with Crippen LogP contribution >= 0.6 is 0 Å². The summed E-state index contributed by atoms with van der Waals surface area (Å²) in [5, 5.41) is 39.7. The van der Waals surface area contributed by atoms with E-state index in [9.17, 15) is 25.2 Å². The second-order valence-corrected chi connectivity index (χ2v) is 13.0. The van der Waals surface area contributed by atoms with E-state index in [1.54, 1.807) is 0 Å². The van der Waals surface area contributed by atoms with Crippen LogP contribution in [0.15, 0.2) is 12.2 Å². The lowest BCUT2D eigenvalue weighted by Gasteiger charge is -2.39. The van der Waals surface area contributed by atoms with Crippen molar-refractivity contribution in [2.75, 3.05) is 26.4 Å². The van der Waals surface area contributed by atoms with Gasteiger partial charge < -0.3 is 39.4 Å². The number of allylic oxidation sites excluding steroid dienone is 2. The molecule has 1 heterocycles. The van der Waals surface area contributed by atoms with Crippen LogP contribution in [-0.2, 0) is 23.7 Å². The Morgan fingerprint density at radius 3 is 1.76 bits per heavy atom. The first-order valence-electron chi connectivity index (χ1n) is 18.8. The minimum Gasteiger partial charge on any atom is -0.457 e. The number of ether oxygens (including phenoxy) is 4. The molecule has 4 N–H and O–H groups in total. The SMILES string of the molecule is CCCCCCCCC/C=C\CCCCCCCCCCOCC(COC1OC(CO)C(O)C(O)C1O)OC(=O)CCCCCC. The van der Waals surface area contributed by atoms with Crippen LogP contribution < -0.4 is 0 Å². The van der Waals surface area contributed by atoms with E-state index in [0.29, 0.717) is 13.0 Å². The zero-order valence-electron chi connectivity index (χ0n) is 29.3. The van der Waals surface area contributed by atoms with E-state index in [-0.39, 0.29) is 19.2 Å². The molecule has 1 fully saturated rings. The minimum absolute atomic E-state index is 0.113. The smallest absolute Gasteiger partial charge is 0.306 e. The number of carbonyl (C=O) groups excluding carboxylic acids is 1. The molecule has 9 nitrogen and oxygen atoms in total. The summed E-state index contributed by atoms with van der Waals surface area (Å²) in [6, 6.07) is 0. The lowest BCUT2D eigenvalue weighted by Crippen LogP contribution is -2.59. The third-order valence-electron chi connectivity index (χ3n) is 8.68. The molecule has 0 aromatic carbocycles. The van der Waals surface area contributed by atoms with Crippen LogP contribution in [0.3, 0.4) is 0 Å². The van der Waals surface area contributed by atoms with Gasteiger partial charge in [-0.2, -0.15) is 0 Å². The predicted octanol–water partition coefficient (Wildman–Crippen LogP) is 6.91. The molecule has 0 spiro atoms. The number of hydrogen-bond acceptors (Lipinski definition) is 9. The fraction of sp³-hybridized carbons (Fsp3) is 0.919. The Morgan fingerprint density at radius 1 is 0.674 bits per heavy atom.